The molecule has 1 amide bonds. The van der Waals surface area contributed by atoms with Gasteiger partial charge in [-0.3, -0.25) is 9.69 Å². The maximum Gasteiger partial charge on any atom is 0.225 e. The molecule has 0 aromatic heterocycles. The van der Waals surface area contributed by atoms with Crippen LogP contribution in [0.25, 0.3) is 0 Å². The summed E-state index contributed by atoms with van der Waals surface area (Å²) in [6, 6.07) is 0.848. The van der Waals surface area contributed by atoms with Crippen molar-refractivity contribution in [2.75, 3.05) is 39.3 Å². The highest BCUT2D eigenvalue weighted by atomic mass is 16.2. The maximum absolute atomic E-state index is 12.3. The van der Waals surface area contributed by atoms with Gasteiger partial charge in [0.2, 0.25) is 5.91 Å². The Kier molecular flexibility index (Phi) is 3.09. The quantitative estimate of drug-likeness (QED) is 0.759. The first-order valence-corrected chi connectivity index (χ1v) is 6.99. The highest BCUT2D eigenvalue weighted by Gasteiger charge is 2.35. The van der Waals surface area contributed by atoms with Crippen LogP contribution in [0.5, 0.6) is 0 Å². The van der Waals surface area contributed by atoms with Crippen LogP contribution in [0, 0.1) is 11.8 Å². The summed E-state index contributed by atoms with van der Waals surface area (Å²) in [5.41, 5.74) is 0. The fourth-order valence-corrected chi connectivity index (χ4v) is 2.90. The van der Waals surface area contributed by atoms with E-state index in [4.69, 9.17) is 0 Å². The molecule has 4 nitrogen and oxygen atoms in total. The molecule has 1 atom stereocenters. The van der Waals surface area contributed by atoms with Crippen molar-refractivity contribution in [3.63, 3.8) is 0 Å². The van der Waals surface area contributed by atoms with E-state index in [9.17, 15) is 4.79 Å². The van der Waals surface area contributed by atoms with Gasteiger partial charge in [-0.25, -0.2) is 0 Å². The topological polar surface area (TPSA) is 35.6 Å². The number of hydrogen-bond acceptors (Lipinski definition) is 3. The van der Waals surface area contributed by atoms with Crippen molar-refractivity contribution in [3.8, 4) is 0 Å². The summed E-state index contributed by atoms with van der Waals surface area (Å²) in [4.78, 5) is 16.9. The molecule has 1 N–H and O–H groups in total. The van der Waals surface area contributed by atoms with Crippen LogP contribution in [-0.4, -0.2) is 61.0 Å². The maximum atomic E-state index is 12.3. The summed E-state index contributed by atoms with van der Waals surface area (Å²) in [6.07, 6.45) is 2.75. The van der Waals surface area contributed by atoms with E-state index in [1.54, 1.807) is 0 Å². The lowest BCUT2D eigenvalue weighted by atomic mass is 9.88. The lowest BCUT2D eigenvalue weighted by Gasteiger charge is -2.39. The molecule has 1 unspecified atom stereocenters. The molecular formula is C13H23N3O. The highest BCUT2D eigenvalue weighted by Crippen LogP contribution is 2.28. The molecule has 0 spiro atoms. The van der Waals surface area contributed by atoms with E-state index in [1.165, 1.54) is 12.8 Å². The Morgan fingerprint density at radius 1 is 1.18 bits per heavy atom. The Balaban J connectivity index is 1.49. The lowest BCUT2D eigenvalue weighted by molar-refractivity contribution is -0.139. The molecular weight excluding hydrogens is 214 g/mol. The van der Waals surface area contributed by atoms with Gasteiger partial charge in [0.1, 0.15) is 0 Å². The van der Waals surface area contributed by atoms with E-state index in [0.29, 0.717) is 11.8 Å². The molecule has 17 heavy (non-hydrogen) atoms. The van der Waals surface area contributed by atoms with Crippen LogP contribution >= 0.6 is 0 Å². The largest absolute Gasteiger partial charge is 0.340 e. The van der Waals surface area contributed by atoms with Gasteiger partial charge in [-0.05, 0) is 31.8 Å². The minimum Gasteiger partial charge on any atom is -0.340 e. The Hall–Kier alpha value is -0.610. The molecule has 0 aromatic carbocycles. The monoisotopic (exact) mass is 237 g/mol. The van der Waals surface area contributed by atoms with Gasteiger partial charge < -0.3 is 10.2 Å². The molecule has 1 saturated carbocycles. The zero-order valence-electron chi connectivity index (χ0n) is 10.7. The fraction of sp³-hybridized carbons (Fsp3) is 0.923. The van der Waals surface area contributed by atoms with Gasteiger partial charge in [-0.1, -0.05) is 6.92 Å². The summed E-state index contributed by atoms with van der Waals surface area (Å²) in [7, 11) is 0. The molecule has 96 valence electrons. The van der Waals surface area contributed by atoms with Crippen molar-refractivity contribution in [2.45, 2.75) is 25.8 Å². The van der Waals surface area contributed by atoms with E-state index in [1.807, 2.05) is 0 Å². The minimum absolute atomic E-state index is 0.212. The van der Waals surface area contributed by atoms with E-state index in [-0.39, 0.29) is 5.92 Å². The van der Waals surface area contributed by atoms with Crippen molar-refractivity contribution >= 4 is 5.91 Å². The predicted octanol–water partition coefficient (Wildman–Crippen LogP) is 0.149. The van der Waals surface area contributed by atoms with Crippen LogP contribution in [0.1, 0.15) is 19.8 Å². The van der Waals surface area contributed by atoms with Crippen LogP contribution in [0.3, 0.4) is 0 Å². The Labute approximate surface area is 103 Å². The second-order valence-electron chi connectivity index (χ2n) is 5.80. The number of nitrogens with one attached hydrogen (secondary N) is 1. The molecule has 4 heteroatoms. The Bertz CT molecular complexity index is 291. The van der Waals surface area contributed by atoms with Gasteiger partial charge in [0.15, 0.2) is 0 Å². The summed E-state index contributed by atoms with van der Waals surface area (Å²) < 4.78 is 0. The van der Waals surface area contributed by atoms with Crippen LogP contribution in [0.2, 0.25) is 0 Å². The van der Waals surface area contributed by atoms with E-state index >= 15 is 0 Å². The number of carbonyl (C=O) groups is 1. The van der Waals surface area contributed by atoms with Crippen molar-refractivity contribution < 1.29 is 4.79 Å². The van der Waals surface area contributed by atoms with Crippen LogP contribution < -0.4 is 5.32 Å². The fourth-order valence-electron chi connectivity index (χ4n) is 2.90. The molecule has 0 radical (unpaired) electrons. The number of amides is 1. The first-order valence-electron chi connectivity index (χ1n) is 6.99. The highest BCUT2D eigenvalue weighted by molar-refractivity contribution is 5.79. The zero-order valence-corrected chi connectivity index (χ0v) is 10.7. The van der Waals surface area contributed by atoms with Gasteiger partial charge in [0.05, 0.1) is 0 Å². The normalized spacial score (nSPS) is 28.9. The standard InChI is InChI=1S/C13H23N3O/c1-10(11-8-14-9-11)13(17)16-6-4-15(5-7-16)12-2-3-12/h10-12,14H,2-9H2,1H3. The third kappa shape index (κ3) is 2.33. The number of rotatable bonds is 3. The third-order valence-electron chi connectivity index (χ3n) is 4.60. The van der Waals surface area contributed by atoms with Gasteiger partial charge in [0.25, 0.3) is 0 Å². The Morgan fingerprint density at radius 2 is 1.82 bits per heavy atom. The molecule has 1 aliphatic carbocycles. The first-order chi connectivity index (χ1) is 8.25. The number of nitrogens with zero attached hydrogens (tertiary/aromatic N) is 2. The van der Waals surface area contributed by atoms with Gasteiger partial charge in [-0.15, -0.1) is 0 Å². The average molecular weight is 237 g/mol. The average Bonchev–Trinajstić information content (AvgIpc) is 3.10. The number of piperazine rings is 1. The molecule has 3 aliphatic rings. The van der Waals surface area contributed by atoms with Gasteiger partial charge in [0, 0.05) is 38.1 Å². The zero-order chi connectivity index (χ0) is 11.8. The van der Waals surface area contributed by atoms with E-state index in [0.717, 1.165) is 45.3 Å². The molecule has 0 aromatic rings. The van der Waals surface area contributed by atoms with Crippen molar-refractivity contribution in [1.82, 2.24) is 15.1 Å². The van der Waals surface area contributed by atoms with Crippen molar-refractivity contribution in [3.05, 3.63) is 0 Å². The molecule has 0 bridgehead atoms. The van der Waals surface area contributed by atoms with E-state index in [2.05, 4.69) is 22.0 Å². The predicted molar refractivity (Wildman–Crippen MR) is 66.7 cm³/mol. The molecule has 2 heterocycles. The second kappa shape index (κ2) is 4.58. The van der Waals surface area contributed by atoms with Crippen LogP contribution in [0.4, 0.5) is 0 Å². The summed E-state index contributed by atoms with van der Waals surface area (Å²) in [5, 5.41) is 3.25. The number of hydrogen-bond donors (Lipinski definition) is 1. The van der Waals surface area contributed by atoms with Crippen molar-refractivity contribution in [2.24, 2.45) is 11.8 Å². The SMILES string of the molecule is CC(C(=O)N1CCN(C2CC2)CC1)C1CNC1. The van der Waals surface area contributed by atoms with Gasteiger partial charge >= 0.3 is 0 Å². The van der Waals surface area contributed by atoms with Crippen LogP contribution in [0.15, 0.2) is 0 Å². The smallest absolute Gasteiger partial charge is 0.225 e. The summed E-state index contributed by atoms with van der Waals surface area (Å²) in [5.74, 6) is 1.17. The second-order valence-corrected chi connectivity index (χ2v) is 5.80. The number of carbonyl (C=O) groups excluding carboxylic acids is 1. The van der Waals surface area contributed by atoms with Crippen molar-refractivity contribution in [1.29, 1.82) is 0 Å². The third-order valence-corrected chi connectivity index (χ3v) is 4.60. The minimum atomic E-state index is 0.212. The van der Waals surface area contributed by atoms with Crippen LogP contribution in [-0.2, 0) is 4.79 Å². The summed E-state index contributed by atoms with van der Waals surface area (Å²) in [6.45, 7) is 8.21. The molecule has 3 rings (SSSR count). The van der Waals surface area contributed by atoms with Gasteiger partial charge in [-0.2, -0.15) is 0 Å². The molecule has 2 saturated heterocycles. The first kappa shape index (κ1) is 11.5. The Morgan fingerprint density at radius 3 is 2.29 bits per heavy atom. The summed E-state index contributed by atoms with van der Waals surface area (Å²) >= 11 is 0. The lowest BCUT2D eigenvalue weighted by Crippen LogP contribution is -2.54. The molecule has 2 aliphatic heterocycles. The van der Waals surface area contributed by atoms with E-state index < -0.39 is 0 Å². The molecule has 3 fully saturated rings.